The molecule has 158 valence electrons. The standard InChI is InChI=1S/C24H20BrNO5/c1-30-22-14-16(10-11-21(22)31-15-17-6-5-9-19(25)12-17)13-20(24(28)29)26-23(27)18-7-3-2-4-8-18/h2-14H,15H2,1H3,(H,26,27)(H,28,29)/b20-13+. The molecule has 7 heteroatoms. The molecule has 0 fully saturated rings. The first-order valence-electron chi connectivity index (χ1n) is 9.33. The molecule has 0 aliphatic carbocycles. The molecular weight excluding hydrogens is 462 g/mol. The molecule has 0 aliphatic rings. The number of rotatable bonds is 8. The van der Waals surface area contributed by atoms with Crippen LogP contribution in [-0.4, -0.2) is 24.1 Å². The molecule has 0 saturated heterocycles. The van der Waals surface area contributed by atoms with E-state index in [0.29, 0.717) is 29.2 Å². The van der Waals surface area contributed by atoms with E-state index >= 15 is 0 Å². The van der Waals surface area contributed by atoms with Crippen molar-refractivity contribution in [3.8, 4) is 11.5 Å². The van der Waals surface area contributed by atoms with Crippen LogP contribution in [0.4, 0.5) is 0 Å². The number of amides is 1. The fraction of sp³-hybridized carbons (Fsp3) is 0.0833. The van der Waals surface area contributed by atoms with Gasteiger partial charge in [0, 0.05) is 10.0 Å². The van der Waals surface area contributed by atoms with Crippen molar-refractivity contribution in [1.29, 1.82) is 0 Å². The fourth-order valence-electron chi connectivity index (χ4n) is 2.78. The van der Waals surface area contributed by atoms with Gasteiger partial charge in [-0.05, 0) is 53.6 Å². The lowest BCUT2D eigenvalue weighted by atomic mass is 10.1. The summed E-state index contributed by atoms with van der Waals surface area (Å²) in [5, 5.41) is 11.9. The summed E-state index contributed by atoms with van der Waals surface area (Å²) in [6.45, 7) is 0.346. The maximum absolute atomic E-state index is 12.3. The number of ether oxygens (including phenoxy) is 2. The predicted molar refractivity (Wildman–Crippen MR) is 121 cm³/mol. The summed E-state index contributed by atoms with van der Waals surface area (Å²) in [6, 6.07) is 21.2. The first-order valence-corrected chi connectivity index (χ1v) is 10.1. The van der Waals surface area contributed by atoms with Crippen molar-refractivity contribution in [2.75, 3.05) is 7.11 Å². The topological polar surface area (TPSA) is 84.9 Å². The van der Waals surface area contributed by atoms with Crippen LogP contribution >= 0.6 is 15.9 Å². The molecule has 0 aliphatic heterocycles. The summed E-state index contributed by atoms with van der Waals surface area (Å²) < 4.78 is 12.2. The number of carbonyl (C=O) groups excluding carboxylic acids is 1. The summed E-state index contributed by atoms with van der Waals surface area (Å²) in [6.07, 6.45) is 1.36. The van der Waals surface area contributed by atoms with Crippen molar-refractivity contribution in [2.24, 2.45) is 0 Å². The number of halogens is 1. The van der Waals surface area contributed by atoms with Gasteiger partial charge in [-0.15, -0.1) is 0 Å². The van der Waals surface area contributed by atoms with Crippen molar-refractivity contribution in [2.45, 2.75) is 6.61 Å². The predicted octanol–water partition coefficient (Wildman–Crippen LogP) is 4.89. The maximum atomic E-state index is 12.3. The van der Waals surface area contributed by atoms with Gasteiger partial charge >= 0.3 is 5.97 Å². The zero-order valence-corrected chi connectivity index (χ0v) is 18.3. The van der Waals surface area contributed by atoms with Crippen LogP contribution in [0.3, 0.4) is 0 Å². The molecule has 0 unspecified atom stereocenters. The molecule has 0 radical (unpaired) electrons. The lowest BCUT2D eigenvalue weighted by Gasteiger charge is -2.12. The normalized spacial score (nSPS) is 11.0. The van der Waals surface area contributed by atoms with Crippen molar-refractivity contribution >= 4 is 33.9 Å². The average molecular weight is 482 g/mol. The van der Waals surface area contributed by atoms with Gasteiger partial charge in [0.2, 0.25) is 0 Å². The van der Waals surface area contributed by atoms with Crippen LogP contribution in [0.25, 0.3) is 6.08 Å². The zero-order valence-electron chi connectivity index (χ0n) is 16.7. The fourth-order valence-corrected chi connectivity index (χ4v) is 3.23. The zero-order chi connectivity index (χ0) is 22.2. The number of aliphatic carboxylic acids is 1. The Labute approximate surface area is 188 Å². The average Bonchev–Trinajstić information content (AvgIpc) is 2.78. The van der Waals surface area contributed by atoms with E-state index in [2.05, 4.69) is 21.2 Å². The number of hydrogen-bond donors (Lipinski definition) is 2. The van der Waals surface area contributed by atoms with E-state index in [1.807, 2.05) is 24.3 Å². The third-order valence-corrected chi connectivity index (χ3v) is 4.79. The minimum absolute atomic E-state index is 0.251. The Morgan fingerprint density at radius 2 is 1.77 bits per heavy atom. The molecule has 0 aromatic heterocycles. The van der Waals surface area contributed by atoms with Gasteiger partial charge in [-0.25, -0.2) is 4.79 Å². The molecule has 31 heavy (non-hydrogen) atoms. The molecule has 2 N–H and O–H groups in total. The second-order valence-electron chi connectivity index (χ2n) is 6.51. The van der Waals surface area contributed by atoms with E-state index in [4.69, 9.17) is 9.47 Å². The first kappa shape index (κ1) is 22.1. The maximum Gasteiger partial charge on any atom is 0.352 e. The van der Waals surface area contributed by atoms with Crippen LogP contribution in [-0.2, 0) is 11.4 Å². The number of methoxy groups -OCH3 is 1. The van der Waals surface area contributed by atoms with Crippen LogP contribution < -0.4 is 14.8 Å². The largest absolute Gasteiger partial charge is 0.493 e. The van der Waals surface area contributed by atoms with Gasteiger partial charge in [0.1, 0.15) is 12.3 Å². The van der Waals surface area contributed by atoms with Crippen LogP contribution in [0.2, 0.25) is 0 Å². The lowest BCUT2D eigenvalue weighted by molar-refractivity contribution is -0.132. The van der Waals surface area contributed by atoms with Crippen molar-refractivity contribution in [3.63, 3.8) is 0 Å². The number of hydrogen-bond acceptors (Lipinski definition) is 4. The lowest BCUT2D eigenvalue weighted by Crippen LogP contribution is -2.27. The molecule has 0 bridgehead atoms. The van der Waals surface area contributed by atoms with E-state index < -0.39 is 11.9 Å². The SMILES string of the molecule is COc1cc(/C=C(/NC(=O)c2ccccc2)C(=O)O)ccc1OCc1cccc(Br)c1. The van der Waals surface area contributed by atoms with E-state index in [1.54, 1.807) is 48.5 Å². The Morgan fingerprint density at radius 3 is 2.45 bits per heavy atom. The Balaban J connectivity index is 1.78. The summed E-state index contributed by atoms with van der Waals surface area (Å²) in [7, 11) is 1.50. The Hall–Kier alpha value is -3.58. The van der Waals surface area contributed by atoms with Gasteiger partial charge in [-0.2, -0.15) is 0 Å². The second-order valence-corrected chi connectivity index (χ2v) is 7.43. The van der Waals surface area contributed by atoms with Crippen LogP contribution in [0.5, 0.6) is 11.5 Å². The Kier molecular flexibility index (Phi) is 7.45. The van der Waals surface area contributed by atoms with E-state index in [-0.39, 0.29) is 5.70 Å². The highest BCUT2D eigenvalue weighted by atomic mass is 79.9. The number of benzene rings is 3. The Bertz CT molecular complexity index is 1110. The summed E-state index contributed by atoms with van der Waals surface area (Å²) in [5.74, 6) is -0.791. The van der Waals surface area contributed by atoms with Crippen molar-refractivity contribution < 1.29 is 24.2 Å². The van der Waals surface area contributed by atoms with Crippen LogP contribution in [0.15, 0.2) is 83.0 Å². The van der Waals surface area contributed by atoms with Gasteiger partial charge in [0.05, 0.1) is 7.11 Å². The Morgan fingerprint density at radius 1 is 1.00 bits per heavy atom. The summed E-state index contributed by atoms with van der Waals surface area (Å²) >= 11 is 3.43. The van der Waals surface area contributed by atoms with Gasteiger partial charge in [-0.1, -0.05) is 52.3 Å². The highest BCUT2D eigenvalue weighted by molar-refractivity contribution is 9.10. The van der Waals surface area contributed by atoms with Crippen molar-refractivity contribution in [1.82, 2.24) is 5.32 Å². The highest BCUT2D eigenvalue weighted by Gasteiger charge is 2.14. The first-order chi connectivity index (χ1) is 15.0. The smallest absolute Gasteiger partial charge is 0.352 e. The minimum Gasteiger partial charge on any atom is -0.493 e. The van der Waals surface area contributed by atoms with Crippen molar-refractivity contribution in [3.05, 3.63) is 99.7 Å². The molecule has 3 aromatic rings. The summed E-state index contributed by atoms with van der Waals surface area (Å²) in [4.78, 5) is 23.9. The van der Waals surface area contributed by atoms with Gasteiger partial charge in [0.25, 0.3) is 5.91 Å². The molecule has 3 aromatic carbocycles. The molecule has 0 heterocycles. The third-order valence-electron chi connectivity index (χ3n) is 4.30. The van der Waals surface area contributed by atoms with E-state index in [9.17, 15) is 14.7 Å². The molecular formula is C24H20BrNO5. The monoisotopic (exact) mass is 481 g/mol. The van der Waals surface area contributed by atoms with E-state index in [0.717, 1.165) is 10.0 Å². The highest BCUT2D eigenvalue weighted by Crippen LogP contribution is 2.30. The van der Waals surface area contributed by atoms with Crippen LogP contribution in [0.1, 0.15) is 21.5 Å². The number of nitrogens with one attached hydrogen (secondary N) is 1. The van der Waals surface area contributed by atoms with E-state index in [1.165, 1.54) is 13.2 Å². The molecule has 1 amide bonds. The quantitative estimate of drug-likeness (QED) is 0.447. The minimum atomic E-state index is -1.25. The van der Waals surface area contributed by atoms with Crippen LogP contribution in [0, 0.1) is 0 Å². The number of carbonyl (C=O) groups is 2. The summed E-state index contributed by atoms with van der Waals surface area (Å²) in [5.41, 5.74) is 1.64. The number of carboxylic acids is 1. The number of carboxylic acid groups (broad SMARTS) is 1. The van der Waals surface area contributed by atoms with Gasteiger partial charge in [0.15, 0.2) is 11.5 Å². The van der Waals surface area contributed by atoms with Gasteiger partial charge < -0.3 is 19.9 Å². The van der Waals surface area contributed by atoms with Gasteiger partial charge in [-0.3, -0.25) is 4.79 Å². The third kappa shape index (κ3) is 6.20. The molecule has 0 spiro atoms. The molecule has 3 rings (SSSR count). The molecule has 0 saturated carbocycles. The second kappa shape index (κ2) is 10.4. The molecule has 0 atom stereocenters. The molecule has 6 nitrogen and oxygen atoms in total.